The van der Waals surface area contributed by atoms with E-state index in [1.54, 1.807) is 24.3 Å². The summed E-state index contributed by atoms with van der Waals surface area (Å²) in [6.07, 6.45) is 1.74. The van der Waals surface area contributed by atoms with Crippen molar-refractivity contribution in [3.05, 3.63) is 69.8 Å². The average molecular weight is 401 g/mol. The second kappa shape index (κ2) is 10.1. The minimum atomic E-state index is -0.694. The Balaban J connectivity index is 1.95. The molecule has 0 aliphatic rings. The van der Waals surface area contributed by atoms with Gasteiger partial charge in [0.05, 0.1) is 17.1 Å². The van der Waals surface area contributed by atoms with Crippen molar-refractivity contribution in [1.82, 2.24) is 5.32 Å². The van der Waals surface area contributed by atoms with Gasteiger partial charge in [0.25, 0.3) is 11.6 Å². The Morgan fingerprint density at radius 3 is 2.46 bits per heavy atom. The normalized spacial score (nSPS) is 10.0. The Hall–Kier alpha value is -3.33. The molecule has 8 nitrogen and oxygen atoms in total. The second-order valence-corrected chi connectivity index (χ2v) is 6.16. The van der Waals surface area contributed by atoms with Gasteiger partial charge in [0.2, 0.25) is 0 Å². The maximum atomic E-state index is 12.2. The molecule has 0 saturated heterocycles. The summed E-state index contributed by atoms with van der Waals surface area (Å²) in [7, 11) is 0. The number of ether oxygens (including phenoxy) is 1. The van der Waals surface area contributed by atoms with Crippen LogP contribution in [0.5, 0.6) is 0 Å². The van der Waals surface area contributed by atoms with E-state index >= 15 is 0 Å². The number of rotatable bonds is 7. The molecule has 1 amide bonds. The number of nitro benzene ring substituents is 1. The van der Waals surface area contributed by atoms with Crippen molar-refractivity contribution in [2.45, 2.75) is 19.8 Å². The lowest BCUT2D eigenvalue weighted by Gasteiger charge is -2.10. The minimum Gasteiger partial charge on any atom is -0.462 e. The predicted octanol–water partition coefficient (Wildman–Crippen LogP) is 3.68. The van der Waals surface area contributed by atoms with Crippen LogP contribution in [0.2, 0.25) is 0 Å². The molecule has 28 heavy (non-hydrogen) atoms. The topological polar surface area (TPSA) is 111 Å². The van der Waals surface area contributed by atoms with Crippen LogP contribution in [0, 0.1) is 10.1 Å². The molecule has 0 bridgehead atoms. The van der Waals surface area contributed by atoms with Crippen LogP contribution in [-0.2, 0) is 4.74 Å². The number of amides is 1. The highest BCUT2D eigenvalue weighted by molar-refractivity contribution is 7.80. The third kappa shape index (κ3) is 5.85. The fourth-order valence-electron chi connectivity index (χ4n) is 2.24. The molecule has 0 aromatic heterocycles. The molecular formula is C19H19N3O5S. The highest BCUT2D eigenvalue weighted by Gasteiger charge is 2.19. The summed E-state index contributed by atoms with van der Waals surface area (Å²) in [4.78, 5) is 34.5. The van der Waals surface area contributed by atoms with E-state index in [9.17, 15) is 19.7 Å². The minimum absolute atomic E-state index is 0.0265. The number of hydrogen-bond acceptors (Lipinski definition) is 6. The van der Waals surface area contributed by atoms with E-state index in [-0.39, 0.29) is 16.4 Å². The Morgan fingerprint density at radius 2 is 1.82 bits per heavy atom. The first-order valence-electron chi connectivity index (χ1n) is 8.55. The Bertz CT molecular complexity index is 883. The number of esters is 1. The zero-order valence-electron chi connectivity index (χ0n) is 15.1. The van der Waals surface area contributed by atoms with E-state index in [0.29, 0.717) is 17.9 Å². The second-order valence-electron chi connectivity index (χ2n) is 5.75. The van der Waals surface area contributed by atoms with Gasteiger partial charge in [-0.25, -0.2) is 4.79 Å². The highest BCUT2D eigenvalue weighted by atomic mass is 32.1. The summed E-state index contributed by atoms with van der Waals surface area (Å²) in [5.41, 5.74) is 0.532. The van der Waals surface area contributed by atoms with E-state index < -0.39 is 16.8 Å². The van der Waals surface area contributed by atoms with Crippen LogP contribution < -0.4 is 10.6 Å². The molecule has 0 aliphatic carbocycles. The van der Waals surface area contributed by atoms with Crippen molar-refractivity contribution in [3.8, 4) is 0 Å². The third-order valence-corrected chi connectivity index (χ3v) is 3.89. The summed E-state index contributed by atoms with van der Waals surface area (Å²) < 4.78 is 5.12. The van der Waals surface area contributed by atoms with Crippen LogP contribution in [0.1, 0.15) is 40.5 Å². The fourth-order valence-corrected chi connectivity index (χ4v) is 2.45. The monoisotopic (exact) mass is 401 g/mol. The number of carbonyl (C=O) groups is 2. The zero-order valence-corrected chi connectivity index (χ0v) is 16.0. The first-order chi connectivity index (χ1) is 13.4. The smallest absolute Gasteiger partial charge is 0.338 e. The molecule has 146 valence electrons. The number of para-hydroxylation sites is 1. The summed E-state index contributed by atoms with van der Waals surface area (Å²) in [6.45, 7) is 2.38. The summed E-state index contributed by atoms with van der Waals surface area (Å²) in [5.74, 6) is -1.10. The van der Waals surface area contributed by atoms with Crippen molar-refractivity contribution in [2.24, 2.45) is 0 Å². The fraction of sp³-hybridized carbons (Fsp3) is 0.211. The Labute approximate surface area is 167 Å². The maximum absolute atomic E-state index is 12.2. The van der Waals surface area contributed by atoms with Gasteiger partial charge in [0.1, 0.15) is 5.56 Å². The lowest BCUT2D eigenvalue weighted by atomic mass is 10.1. The Morgan fingerprint density at radius 1 is 1.14 bits per heavy atom. The van der Waals surface area contributed by atoms with Gasteiger partial charge in [-0.3, -0.25) is 20.2 Å². The first-order valence-corrected chi connectivity index (χ1v) is 8.96. The number of nitrogens with one attached hydrogen (secondary N) is 2. The third-order valence-electron chi connectivity index (χ3n) is 3.68. The standard InChI is InChI=1S/C19H19N3O5S/c1-2-3-12-27-18(24)13-8-10-14(11-9-13)20-19(28)21-17(23)15-6-4-5-7-16(15)22(25)26/h4-11H,2-3,12H2,1H3,(H2,20,21,23,28). The van der Waals surface area contributed by atoms with Crippen LogP contribution >= 0.6 is 12.2 Å². The van der Waals surface area contributed by atoms with Gasteiger partial charge < -0.3 is 10.1 Å². The van der Waals surface area contributed by atoms with Gasteiger partial charge in [0, 0.05) is 11.8 Å². The summed E-state index contributed by atoms with van der Waals surface area (Å²) in [5, 5.41) is 16.2. The van der Waals surface area contributed by atoms with Crippen LogP contribution in [0.4, 0.5) is 11.4 Å². The number of unbranched alkanes of at least 4 members (excludes halogenated alkanes) is 1. The van der Waals surface area contributed by atoms with Gasteiger partial charge in [-0.05, 0) is 49.0 Å². The molecule has 0 saturated carbocycles. The predicted molar refractivity (Wildman–Crippen MR) is 108 cm³/mol. The molecule has 0 spiro atoms. The van der Waals surface area contributed by atoms with Crippen molar-refractivity contribution in [2.75, 3.05) is 11.9 Å². The van der Waals surface area contributed by atoms with Gasteiger partial charge >= 0.3 is 5.97 Å². The van der Waals surface area contributed by atoms with Crippen molar-refractivity contribution < 1.29 is 19.2 Å². The van der Waals surface area contributed by atoms with Gasteiger partial charge in [-0.15, -0.1) is 0 Å². The Kier molecular flexibility index (Phi) is 7.58. The van der Waals surface area contributed by atoms with Crippen LogP contribution in [0.3, 0.4) is 0 Å². The molecule has 0 fully saturated rings. The van der Waals surface area contributed by atoms with Crippen LogP contribution in [0.25, 0.3) is 0 Å². The molecule has 2 N–H and O–H groups in total. The van der Waals surface area contributed by atoms with Crippen LogP contribution in [-0.4, -0.2) is 28.5 Å². The van der Waals surface area contributed by atoms with E-state index in [2.05, 4.69) is 10.6 Å². The molecule has 2 aromatic carbocycles. The zero-order chi connectivity index (χ0) is 20.5. The molecular weight excluding hydrogens is 382 g/mol. The lowest BCUT2D eigenvalue weighted by molar-refractivity contribution is -0.385. The number of benzene rings is 2. The van der Waals surface area contributed by atoms with Crippen molar-refractivity contribution >= 4 is 40.6 Å². The SMILES string of the molecule is CCCCOC(=O)c1ccc(NC(=S)NC(=O)c2ccccc2[N+](=O)[O-])cc1. The molecule has 0 aliphatic heterocycles. The van der Waals surface area contributed by atoms with Crippen molar-refractivity contribution in [1.29, 1.82) is 0 Å². The first kappa shape index (κ1) is 21.0. The van der Waals surface area contributed by atoms with Gasteiger partial charge in [0.15, 0.2) is 5.11 Å². The number of carbonyl (C=O) groups excluding carboxylic acids is 2. The molecule has 2 aromatic rings. The lowest BCUT2D eigenvalue weighted by Crippen LogP contribution is -2.34. The van der Waals surface area contributed by atoms with E-state index in [1.165, 1.54) is 24.3 Å². The van der Waals surface area contributed by atoms with Crippen LogP contribution in [0.15, 0.2) is 48.5 Å². The van der Waals surface area contributed by atoms with E-state index in [0.717, 1.165) is 12.8 Å². The molecule has 9 heteroatoms. The molecule has 0 radical (unpaired) electrons. The number of hydrogen-bond donors (Lipinski definition) is 2. The highest BCUT2D eigenvalue weighted by Crippen LogP contribution is 2.17. The van der Waals surface area contributed by atoms with E-state index in [1.807, 2.05) is 6.92 Å². The molecule has 2 rings (SSSR count). The number of anilines is 1. The average Bonchev–Trinajstić information content (AvgIpc) is 2.68. The van der Waals surface area contributed by atoms with Crippen molar-refractivity contribution in [3.63, 3.8) is 0 Å². The van der Waals surface area contributed by atoms with E-state index in [4.69, 9.17) is 17.0 Å². The quantitative estimate of drug-likeness (QED) is 0.239. The molecule has 0 heterocycles. The number of nitro groups is 1. The number of thiocarbonyl (C=S) groups is 1. The molecule has 0 unspecified atom stereocenters. The largest absolute Gasteiger partial charge is 0.462 e. The van der Waals surface area contributed by atoms with Gasteiger partial charge in [-0.2, -0.15) is 0 Å². The molecule has 0 atom stereocenters. The summed E-state index contributed by atoms with van der Waals surface area (Å²) >= 11 is 5.07. The maximum Gasteiger partial charge on any atom is 0.338 e. The van der Waals surface area contributed by atoms with Gasteiger partial charge in [-0.1, -0.05) is 25.5 Å². The summed E-state index contributed by atoms with van der Waals surface area (Å²) in [6, 6.07) is 11.9. The number of nitrogens with zero attached hydrogens (tertiary/aromatic N) is 1.